The van der Waals surface area contributed by atoms with Gasteiger partial charge in [0, 0.05) is 12.7 Å². The minimum atomic E-state index is -4.68. The Kier molecular flexibility index (Phi) is 5.27. The molecule has 0 aliphatic rings. The number of aryl methyl sites for hydroxylation is 2. The van der Waals surface area contributed by atoms with Crippen LogP contribution in [0.25, 0.3) is 11.1 Å². The molecule has 0 saturated heterocycles. The molecule has 3 N–H and O–H groups in total. The molecule has 26 heavy (non-hydrogen) atoms. The van der Waals surface area contributed by atoms with Crippen molar-refractivity contribution in [3.8, 4) is 11.1 Å². The lowest BCUT2D eigenvalue weighted by Gasteiger charge is -2.18. The summed E-state index contributed by atoms with van der Waals surface area (Å²) in [6, 6.07) is 4.28. The summed E-state index contributed by atoms with van der Waals surface area (Å²) >= 11 is 0. The minimum Gasteiger partial charge on any atom is -0.480 e. The van der Waals surface area contributed by atoms with Crippen molar-refractivity contribution in [3.63, 3.8) is 0 Å². The fourth-order valence-corrected chi connectivity index (χ4v) is 2.78. The van der Waals surface area contributed by atoms with E-state index in [2.05, 4.69) is 0 Å². The SMILES string of the molecule is Cc1cc(CC(N)C(=O)O)ccc1-c1c(C(F)(F)F)cc(C)n(C)c1=O. The van der Waals surface area contributed by atoms with Crippen molar-refractivity contribution in [2.45, 2.75) is 32.5 Å². The van der Waals surface area contributed by atoms with E-state index in [1.165, 1.54) is 26.1 Å². The van der Waals surface area contributed by atoms with Gasteiger partial charge in [0.25, 0.3) is 5.56 Å². The molecule has 0 saturated carbocycles. The van der Waals surface area contributed by atoms with E-state index in [-0.39, 0.29) is 17.7 Å². The van der Waals surface area contributed by atoms with Crippen LogP contribution in [-0.4, -0.2) is 21.7 Å². The molecule has 0 radical (unpaired) electrons. The molecule has 0 aliphatic carbocycles. The van der Waals surface area contributed by atoms with Crippen LogP contribution in [0.4, 0.5) is 13.2 Å². The minimum absolute atomic E-state index is 0.0362. The van der Waals surface area contributed by atoms with E-state index in [1.807, 2.05) is 0 Å². The van der Waals surface area contributed by atoms with Crippen LogP contribution in [0.3, 0.4) is 0 Å². The van der Waals surface area contributed by atoms with Crippen molar-refractivity contribution in [3.05, 3.63) is 57.0 Å². The fourth-order valence-electron chi connectivity index (χ4n) is 2.78. The van der Waals surface area contributed by atoms with Crippen LogP contribution in [0.5, 0.6) is 0 Å². The number of halogens is 3. The van der Waals surface area contributed by atoms with Gasteiger partial charge in [-0.05, 0) is 43.0 Å². The zero-order chi connectivity index (χ0) is 19.8. The lowest BCUT2D eigenvalue weighted by atomic mass is 9.93. The average Bonchev–Trinajstić information content (AvgIpc) is 2.52. The maximum absolute atomic E-state index is 13.5. The van der Waals surface area contributed by atoms with Gasteiger partial charge in [-0.2, -0.15) is 13.2 Å². The van der Waals surface area contributed by atoms with Crippen LogP contribution >= 0.6 is 0 Å². The molecule has 2 rings (SSSR count). The van der Waals surface area contributed by atoms with Crippen LogP contribution in [0.15, 0.2) is 29.1 Å². The molecule has 5 nitrogen and oxygen atoms in total. The monoisotopic (exact) mass is 368 g/mol. The summed E-state index contributed by atoms with van der Waals surface area (Å²) in [4.78, 5) is 23.4. The Morgan fingerprint density at radius 1 is 1.27 bits per heavy atom. The molecule has 2 aromatic rings. The van der Waals surface area contributed by atoms with Gasteiger partial charge in [-0.3, -0.25) is 9.59 Å². The quantitative estimate of drug-likeness (QED) is 0.869. The van der Waals surface area contributed by atoms with Crippen molar-refractivity contribution < 1.29 is 23.1 Å². The molecular formula is C18H19F3N2O3. The smallest absolute Gasteiger partial charge is 0.417 e. The third kappa shape index (κ3) is 3.80. The second-order valence-electron chi connectivity index (χ2n) is 6.23. The van der Waals surface area contributed by atoms with Crippen LogP contribution in [0.1, 0.15) is 22.4 Å². The number of aromatic nitrogens is 1. The number of aliphatic carboxylic acids is 1. The Hall–Kier alpha value is -2.61. The topological polar surface area (TPSA) is 85.3 Å². The van der Waals surface area contributed by atoms with Gasteiger partial charge in [0.2, 0.25) is 0 Å². The molecule has 0 aliphatic heterocycles. The first-order valence-electron chi connectivity index (χ1n) is 7.79. The largest absolute Gasteiger partial charge is 0.480 e. The fraction of sp³-hybridized carbons (Fsp3) is 0.333. The van der Waals surface area contributed by atoms with Gasteiger partial charge in [0.05, 0.1) is 11.1 Å². The van der Waals surface area contributed by atoms with Gasteiger partial charge < -0.3 is 15.4 Å². The Labute approximate surface area is 147 Å². The highest BCUT2D eigenvalue weighted by Crippen LogP contribution is 2.37. The number of alkyl halides is 3. The van der Waals surface area contributed by atoms with E-state index in [0.29, 0.717) is 11.1 Å². The van der Waals surface area contributed by atoms with Gasteiger partial charge in [0.1, 0.15) is 6.04 Å². The lowest BCUT2D eigenvalue weighted by Crippen LogP contribution is -2.32. The van der Waals surface area contributed by atoms with E-state index < -0.39 is 34.9 Å². The summed E-state index contributed by atoms with van der Waals surface area (Å²) in [5, 5.41) is 8.87. The van der Waals surface area contributed by atoms with Crippen molar-refractivity contribution in [2.75, 3.05) is 0 Å². The summed E-state index contributed by atoms with van der Waals surface area (Å²) in [6.45, 7) is 3.01. The summed E-state index contributed by atoms with van der Waals surface area (Å²) < 4.78 is 41.6. The molecule has 140 valence electrons. The number of pyridine rings is 1. The van der Waals surface area contributed by atoms with Gasteiger partial charge in [-0.1, -0.05) is 18.2 Å². The summed E-state index contributed by atoms with van der Waals surface area (Å²) in [7, 11) is 1.41. The Morgan fingerprint density at radius 3 is 2.38 bits per heavy atom. The molecule has 0 amide bonds. The Balaban J connectivity index is 2.64. The highest BCUT2D eigenvalue weighted by Gasteiger charge is 2.36. The number of rotatable bonds is 4. The van der Waals surface area contributed by atoms with Crippen molar-refractivity contribution in [1.29, 1.82) is 0 Å². The molecule has 1 aromatic carbocycles. The van der Waals surface area contributed by atoms with Crippen LogP contribution in [-0.2, 0) is 24.4 Å². The maximum atomic E-state index is 13.5. The third-order valence-electron chi connectivity index (χ3n) is 4.31. The number of nitrogens with two attached hydrogens (primary N) is 1. The van der Waals surface area contributed by atoms with Crippen LogP contribution in [0, 0.1) is 13.8 Å². The summed E-state index contributed by atoms with van der Waals surface area (Å²) in [6.07, 6.45) is -4.64. The van der Waals surface area contributed by atoms with Crippen LogP contribution < -0.4 is 11.3 Å². The number of carboxylic acid groups (broad SMARTS) is 1. The predicted octanol–water partition coefficient (Wildman–Crippen LogP) is 2.64. The number of nitrogens with zero attached hydrogens (tertiary/aromatic N) is 1. The van der Waals surface area contributed by atoms with Crippen molar-refractivity contribution in [1.82, 2.24) is 4.57 Å². The van der Waals surface area contributed by atoms with Gasteiger partial charge in [-0.25, -0.2) is 0 Å². The first-order chi connectivity index (χ1) is 11.9. The van der Waals surface area contributed by atoms with Crippen molar-refractivity contribution in [2.24, 2.45) is 12.8 Å². The molecule has 0 bridgehead atoms. The zero-order valence-corrected chi connectivity index (χ0v) is 14.5. The average molecular weight is 368 g/mol. The first kappa shape index (κ1) is 19.7. The van der Waals surface area contributed by atoms with E-state index in [1.54, 1.807) is 13.0 Å². The Morgan fingerprint density at radius 2 is 1.88 bits per heavy atom. The summed E-state index contributed by atoms with van der Waals surface area (Å²) in [5.41, 5.74) is 4.70. The number of carboxylic acids is 1. The highest BCUT2D eigenvalue weighted by molar-refractivity contribution is 5.74. The second-order valence-corrected chi connectivity index (χ2v) is 6.23. The van der Waals surface area contributed by atoms with E-state index >= 15 is 0 Å². The molecule has 1 heterocycles. The molecule has 1 aromatic heterocycles. The number of benzene rings is 1. The predicted molar refractivity (Wildman–Crippen MR) is 90.9 cm³/mol. The molecule has 8 heteroatoms. The molecular weight excluding hydrogens is 349 g/mol. The normalized spacial score (nSPS) is 12.9. The van der Waals surface area contributed by atoms with Crippen molar-refractivity contribution >= 4 is 5.97 Å². The van der Waals surface area contributed by atoms with Gasteiger partial charge >= 0.3 is 12.1 Å². The standard InChI is InChI=1S/C18H19F3N2O3/c1-9-6-11(8-14(22)17(25)26)4-5-12(9)15-13(18(19,20)21)7-10(2)23(3)16(15)24/h4-7,14H,8,22H2,1-3H3,(H,25,26). The molecule has 1 unspecified atom stereocenters. The number of hydrogen-bond donors (Lipinski definition) is 2. The van der Waals surface area contributed by atoms with Gasteiger partial charge in [-0.15, -0.1) is 0 Å². The molecule has 0 spiro atoms. The zero-order valence-electron chi connectivity index (χ0n) is 14.5. The lowest BCUT2D eigenvalue weighted by molar-refractivity contribution is -0.138. The first-order valence-corrected chi connectivity index (χ1v) is 7.79. The van der Waals surface area contributed by atoms with E-state index in [0.717, 1.165) is 10.6 Å². The number of hydrogen-bond acceptors (Lipinski definition) is 3. The maximum Gasteiger partial charge on any atom is 0.417 e. The number of carbonyl (C=O) groups is 1. The van der Waals surface area contributed by atoms with E-state index in [4.69, 9.17) is 10.8 Å². The Bertz CT molecular complexity index is 917. The van der Waals surface area contributed by atoms with Crippen LogP contribution in [0.2, 0.25) is 0 Å². The highest BCUT2D eigenvalue weighted by atomic mass is 19.4. The molecule has 1 atom stereocenters. The van der Waals surface area contributed by atoms with E-state index in [9.17, 15) is 22.8 Å². The third-order valence-corrected chi connectivity index (χ3v) is 4.31. The summed E-state index contributed by atoms with van der Waals surface area (Å²) in [5.74, 6) is -1.17. The van der Waals surface area contributed by atoms with Gasteiger partial charge in [0.15, 0.2) is 0 Å². The molecule has 0 fully saturated rings. The second kappa shape index (κ2) is 6.95.